The highest BCUT2D eigenvalue weighted by molar-refractivity contribution is 9.10. The van der Waals surface area contributed by atoms with Crippen LogP contribution in [0, 0.1) is 0 Å². The molecule has 1 rings (SSSR count). The van der Waals surface area contributed by atoms with Gasteiger partial charge in [0.25, 0.3) is 5.91 Å². The first-order chi connectivity index (χ1) is 8.04. The van der Waals surface area contributed by atoms with Gasteiger partial charge in [-0.05, 0) is 47.5 Å². The van der Waals surface area contributed by atoms with Gasteiger partial charge in [-0.25, -0.2) is 0 Å². The number of halogens is 2. The Bertz CT molecular complexity index is 400. The van der Waals surface area contributed by atoms with Crippen molar-refractivity contribution < 1.29 is 9.53 Å². The molecule has 0 aliphatic heterocycles. The number of benzene rings is 1. The maximum Gasteiger partial charge on any atom is 0.252 e. The molecule has 3 N–H and O–H groups in total. The van der Waals surface area contributed by atoms with Crippen LogP contribution in [0.3, 0.4) is 0 Å². The van der Waals surface area contributed by atoms with E-state index in [0.29, 0.717) is 17.9 Å². The van der Waals surface area contributed by atoms with Crippen molar-refractivity contribution in [2.75, 3.05) is 13.7 Å². The van der Waals surface area contributed by atoms with Crippen molar-refractivity contribution in [1.82, 2.24) is 5.32 Å². The van der Waals surface area contributed by atoms with Crippen molar-refractivity contribution in [3.05, 3.63) is 28.2 Å². The van der Waals surface area contributed by atoms with Gasteiger partial charge in [-0.2, -0.15) is 0 Å². The van der Waals surface area contributed by atoms with Crippen molar-refractivity contribution in [3.8, 4) is 5.75 Å². The SMILES string of the molecule is COc1ccc(Br)c(C(=O)NCCC(C)N)c1.Cl. The maximum absolute atomic E-state index is 11.9. The first-order valence-corrected chi connectivity index (χ1v) is 6.21. The molecule has 0 heterocycles. The lowest BCUT2D eigenvalue weighted by molar-refractivity contribution is 0.0951. The molecule has 0 aliphatic rings. The Morgan fingerprint density at radius 1 is 1.56 bits per heavy atom. The summed E-state index contributed by atoms with van der Waals surface area (Å²) in [7, 11) is 1.57. The Hall–Kier alpha value is -0.780. The summed E-state index contributed by atoms with van der Waals surface area (Å²) < 4.78 is 5.83. The van der Waals surface area contributed by atoms with Gasteiger partial charge in [0, 0.05) is 17.1 Å². The average molecular weight is 338 g/mol. The molecule has 6 heteroatoms. The zero-order valence-corrected chi connectivity index (χ0v) is 12.8. The standard InChI is InChI=1S/C12H17BrN2O2.ClH/c1-8(14)5-6-15-12(16)10-7-9(17-2)3-4-11(10)13;/h3-4,7-8H,5-6,14H2,1-2H3,(H,15,16);1H. The van der Waals surface area contributed by atoms with E-state index in [1.165, 1.54) is 0 Å². The Labute approximate surface area is 122 Å². The molecule has 0 saturated heterocycles. The minimum Gasteiger partial charge on any atom is -0.497 e. The van der Waals surface area contributed by atoms with Crippen molar-refractivity contribution in [3.63, 3.8) is 0 Å². The number of carbonyl (C=O) groups is 1. The summed E-state index contributed by atoms with van der Waals surface area (Å²) in [6, 6.07) is 5.37. The quantitative estimate of drug-likeness (QED) is 0.867. The highest BCUT2D eigenvalue weighted by Crippen LogP contribution is 2.22. The molecular formula is C12H18BrClN2O2. The minimum absolute atomic E-state index is 0. The topological polar surface area (TPSA) is 64.3 Å². The lowest BCUT2D eigenvalue weighted by atomic mass is 10.2. The van der Waals surface area contributed by atoms with Crippen molar-refractivity contribution in [2.45, 2.75) is 19.4 Å². The second kappa shape index (κ2) is 8.34. The van der Waals surface area contributed by atoms with Gasteiger partial charge in [-0.3, -0.25) is 4.79 Å². The average Bonchev–Trinajstić information content (AvgIpc) is 2.29. The van der Waals surface area contributed by atoms with Gasteiger partial charge in [0.05, 0.1) is 12.7 Å². The number of hydrogen-bond donors (Lipinski definition) is 2. The van der Waals surface area contributed by atoms with Crippen molar-refractivity contribution >= 4 is 34.2 Å². The van der Waals surface area contributed by atoms with Crippen molar-refractivity contribution in [2.24, 2.45) is 5.73 Å². The van der Waals surface area contributed by atoms with Crippen LogP contribution < -0.4 is 15.8 Å². The molecule has 0 spiro atoms. The highest BCUT2D eigenvalue weighted by atomic mass is 79.9. The third-order valence-electron chi connectivity index (χ3n) is 2.30. The van der Waals surface area contributed by atoms with Gasteiger partial charge in [0.1, 0.15) is 5.75 Å². The number of carbonyl (C=O) groups excluding carboxylic acids is 1. The second-order valence-electron chi connectivity index (χ2n) is 3.87. The van der Waals surface area contributed by atoms with E-state index in [-0.39, 0.29) is 24.4 Å². The number of ether oxygens (including phenoxy) is 1. The Morgan fingerprint density at radius 3 is 2.78 bits per heavy atom. The zero-order valence-electron chi connectivity index (χ0n) is 10.4. The summed E-state index contributed by atoms with van der Waals surface area (Å²) in [6.45, 7) is 2.48. The number of methoxy groups -OCH3 is 1. The summed E-state index contributed by atoms with van der Waals surface area (Å²) >= 11 is 3.34. The molecule has 1 unspecified atom stereocenters. The lowest BCUT2D eigenvalue weighted by Crippen LogP contribution is -2.29. The van der Waals surface area contributed by atoms with Crippen molar-refractivity contribution in [1.29, 1.82) is 0 Å². The fraction of sp³-hybridized carbons (Fsp3) is 0.417. The largest absolute Gasteiger partial charge is 0.497 e. The van der Waals surface area contributed by atoms with E-state index in [4.69, 9.17) is 10.5 Å². The van der Waals surface area contributed by atoms with E-state index in [9.17, 15) is 4.79 Å². The Kier molecular flexibility index (Phi) is 7.98. The first kappa shape index (κ1) is 17.2. The van der Waals surface area contributed by atoms with E-state index in [2.05, 4.69) is 21.2 Å². The van der Waals surface area contributed by atoms with Gasteiger partial charge in [-0.15, -0.1) is 12.4 Å². The minimum atomic E-state index is -0.128. The fourth-order valence-electron chi connectivity index (χ4n) is 1.31. The highest BCUT2D eigenvalue weighted by Gasteiger charge is 2.10. The van der Waals surface area contributed by atoms with Crippen LogP contribution in [0.1, 0.15) is 23.7 Å². The number of amides is 1. The predicted molar refractivity (Wildman–Crippen MR) is 78.5 cm³/mol. The van der Waals surface area contributed by atoms with Gasteiger partial charge in [0.15, 0.2) is 0 Å². The molecule has 0 bridgehead atoms. The van der Waals surface area contributed by atoms with Gasteiger partial charge in [-0.1, -0.05) is 0 Å². The van der Waals surface area contributed by atoms with Crippen LogP contribution in [-0.4, -0.2) is 25.6 Å². The summed E-state index contributed by atoms with van der Waals surface area (Å²) in [5, 5.41) is 2.82. The second-order valence-corrected chi connectivity index (χ2v) is 4.72. The summed E-state index contributed by atoms with van der Waals surface area (Å²) in [4.78, 5) is 11.9. The lowest BCUT2D eigenvalue weighted by Gasteiger charge is -2.09. The van der Waals surface area contributed by atoms with Gasteiger partial charge >= 0.3 is 0 Å². The summed E-state index contributed by atoms with van der Waals surface area (Å²) in [5.74, 6) is 0.530. The molecule has 0 fully saturated rings. The van der Waals surface area contributed by atoms with Crippen LogP contribution in [0.5, 0.6) is 5.75 Å². The third-order valence-corrected chi connectivity index (χ3v) is 2.99. The predicted octanol–water partition coefficient (Wildman–Crippen LogP) is 2.35. The van der Waals surface area contributed by atoms with Crippen LogP contribution in [0.25, 0.3) is 0 Å². The molecule has 18 heavy (non-hydrogen) atoms. The molecule has 0 aromatic heterocycles. The molecule has 4 nitrogen and oxygen atoms in total. The van der Waals surface area contributed by atoms with Crippen LogP contribution in [-0.2, 0) is 0 Å². The summed E-state index contributed by atoms with van der Waals surface area (Å²) in [5.41, 5.74) is 6.18. The van der Waals surface area contributed by atoms with E-state index in [0.717, 1.165) is 10.9 Å². The summed E-state index contributed by atoms with van der Waals surface area (Å²) in [6.07, 6.45) is 0.757. The maximum atomic E-state index is 11.9. The molecule has 1 amide bonds. The van der Waals surface area contributed by atoms with Gasteiger partial charge in [0.2, 0.25) is 0 Å². The Morgan fingerprint density at radius 2 is 2.22 bits per heavy atom. The van der Waals surface area contributed by atoms with Crippen LogP contribution in [0.15, 0.2) is 22.7 Å². The molecule has 0 saturated carbocycles. The van der Waals surface area contributed by atoms with E-state index in [1.54, 1.807) is 25.3 Å². The van der Waals surface area contributed by atoms with Crippen LogP contribution in [0.2, 0.25) is 0 Å². The number of nitrogens with one attached hydrogen (secondary N) is 1. The number of hydrogen-bond acceptors (Lipinski definition) is 3. The molecule has 0 radical (unpaired) electrons. The number of rotatable bonds is 5. The molecule has 1 aromatic rings. The molecule has 1 atom stereocenters. The van der Waals surface area contributed by atoms with E-state index < -0.39 is 0 Å². The molecule has 102 valence electrons. The Balaban J connectivity index is 0.00000289. The normalized spacial score (nSPS) is 11.3. The van der Waals surface area contributed by atoms with Crippen LogP contribution >= 0.6 is 28.3 Å². The molecule has 0 aliphatic carbocycles. The van der Waals surface area contributed by atoms with E-state index >= 15 is 0 Å². The fourth-order valence-corrected chi connectivity index (χ4v) is 1.74. The first-order valence-electron chi connectivity index (χ1n) is 5.42. The third kappa shape index (κ3) is 5.25. The molecule has 1 aromatic carbocycles. The van der Waals surface area contributed by atoms with Gasteiger partial charge < -0.3 is 15.8 Å². The van der Waals surface area contributed by atoms with Crippen LogP contribution in [0.4, 0.5) is 0 Å². The smallest absolute Gasteiger partial charge is 0.252 e. The molecular weight excluding hydrogens is 320 g/mol. The zero-order chi connectivity index (χ0) is 12.8. The monoisotopic (exact) mass is 336 g/mol. The van der Waals surface area contributed by atoms with E-state index in [1.807, 2.05) is 6.92 Å². The number of nitrogens with two attached hydrogens (primary N) is 1.